The van der Waals surface area contributed by atoms with Crippen molar-refractivity contribution < 1.29 is 9.59 Å². The van der Waals surface area contributed by atoms with Crippen molar-refractivity contribution in [2.45, 2.75) is 37.1 Å². The van der Waals surface area contributed by atoms with Crippen LogP contribution in [0.3, 0.4) is 0 Å². The van der Waals surface area contributed by atoms with Gasteiger partial charge in [0.05, 0.1) is 4.87 Å². The van der Waals surface area contributed by atoms with Gasteiger partial charge in [0.25, 0.3) is 0 Å². The highest BCUT2D eigenvalue weighted by molar-refractivity contribution is 8.01. The van der Waals surface area contributed by atoms with E-state index in [1.165, 1.54) is 6.33 Å². The SMILES string of the molecule is CC12CCC(=O)N1C(C(=O)NCCc1ncn[nH]1)CS2. The topological polar surface area (TPSA) is 91.0 Å². The predicted molar refractivity (Wildman–Crippen MR) is 73.8 cm³/mol. The Morgan fingerprint density at radius 3 is 3.30 bits per heavy atom. The molecule has 2 aliphatic rings. The molecule has 2 N–H and O–H groups in total. The Hall–Kier alpha value is -1.57. The summed E-state index contributed by atoms with van der Waals surface area (Å²) in [6.45, 7) is 2.54. The van der Waals surface area contributed by atoms with Crippen LogP contribution in [0.2, 0.25) is 0 Å². The molecule has 0 aromatic carbocycles. The van der Waals surface area contributed by atoms with Crippen LogP contribution in [0.5, 0.6) is 0 Å². The van der Waals surface area contributed by atoms with Gasteiger partial charge in [-0.05, 0) is 13.3 Å². The average molecular weight is 295 g/mol. The van der Waals surface area contributed by atoms with Crippen LogP contribution >= 0.6 is 11.8 Å². The zero-order valence-electron chi connectivity index (χ0n) is 11.3. The molecule has 20 heavy (non-hydrogen) atoms. The summed E-state index contributed by atoms with van der Waals surface area (Å²) in [5, 5.41) is 9.38. The van der Waals surface area contributed by atoms with Crippen LogP contribution in [0.15, 0.2) is 6.33 Å². The second kappa shape index (κ2) is 5.08. The first kappa shape index (κ1) is 13.4. The summed E-state index contributed by atoms with van der Waals surface area (Å²) in [7, 11) is 0. The third-order valence-electron chi connectivity index (χ3n) is 3.87. The molecule has 0 saturated carbocycles. The number of aromatic nitrogens is 3. The fraction of sp³-hybridized carbons (Fsp3) is 0.667. The lowest BCUT2D eigenvalue weighted by molar-refractivity contribution is -0.137. The van der Waals surface area contributed by atoms with Crippen molar-refractivity contribution in [1.82, 2.24) is 25.4 Å². The van der Waals surface area contributed by atoms with Crippen molar-refractivity contribution in [2.24, 2.45) is 0 Å². The van der Waals surface area contributed by atoms with Crippen LogP contribution < -0.4 is 5.32 Å². The van der Waals surface area contributed by atoms with Crippen molar-refractivity contribution in [3.05, 3.63) is 12.2 Å². The summed E-state index contributed by atoms with van der Waals surface area (Å²) in [4.78, 5) is 29.8. The molecular formula is C12H17N5O2S. The zero-order chi connectivity index (χ0) is 14.2. The molecule has 1 aromatic heterocycles. The van der Waals surface area contributed by atoms with Gasteiger partial charge in [-0.3, -0.25) is 14.7 Å². The summed E-state index contributed by atoms with van der Waals surface area (Å²) >= 11 is 1.70. The number of thioether (sulfide) groups is 1. The fourth-order valence-electron chi connectivity index (χ4n) is 2.79. The smallest absolute Gasteiger partial charge is 0.243 e. The third-order valence-corrected chi connectivity index (χ3v) is 5.38. The van der Waals surface area contributed by atoms with E-state index in [0.29, 0.717) is 25.1 Å². The molecule has 0 spiro atoms. The molecule has 3 heterocycles. The number of carbonyl (C=O) groups excluding carboxylic acids is 2. The average Bonchev–Trinajstić information content (AvgIpc) is 3.09. The standard InChI is InChI=1S/C12H17N5O2S/c1-12-4-2-10(18)17(12)8(6-20-12)11(19)13-5-3-9-14-7-15-16-9/h7-8H,2-6H2,1H3,(H,13,19)(H,14,15,16). The van der Waals surface area contributed by atoms with Crippen molar-refractivity contribution in [3.63, 3.8) is 0 Å². The second-order valence-corrected chi connectivity index (χ2v) is 6.74. The second-order valence-electron chi connectivity index (χ2n) is 5.24. The van der Waals surface area contributed by atoms with Gasteiger partial charge in [-0.25, -0.2) is 4.98 Å². The largest absolute Gasteiger partial charge is 0.354 e. The van der Waals surface area contributed by atoms with Crippen LogP contribution in [0.4, 0.5) is 0 Å². The van der Waals surface area contributed by atoms with Gasteiger partial charge in [0.2, 0.25) is 11.8 Å². The number of fused-ring (bicyclic) bond motifs is 1. The first-order valence-electron chi connectivity index (χ1n) is 6.68. The zero-order valence-corrected chi connectivity index (χ0v) is 12.1. The molecule has 0 bridgehead atoms. The van der Waals surface area contributed by atoms with E-state index >= 15 is 0 Å². The van der Waals surface area contributed by atoms with Gasteiger partial charge < -0.3 is 10.2 Å². The van der Waals surface area contributed by atoms with E-state index in [4.69, 9.17) is 0 Å². The number of nitrogens with zero attached hydrogens (tertiary/aromatic N) is 3. The number of hydrogen-bond acceptors (Lipinski definition) is 5. The fourth-order valence-corrected chi connectivity index (χ4v) is 4.22. The number of hydrogen-bond donors (Lipinski definition) is 2. The Kier molecular flexibility index (Phi) is 3.41. The van der Waals surface area contributed by atoms with Crippen molar-refractivity contribution in [2.75, 3.05) is 12.3 Å². The first-order valence-corrected chi connectivity index (χ1v) is 7.67. The molecule has 2 unspecified atom stereocenters. The molecule has 2 atom stereocenters. The minimum absolute atomic E-state index is 0.0732. The number of amides is 2. The lowest BCUT2D eigenvalue weighted by Crippen LogP contribution is -2.50. The molecule has 0 radical (unpaired) electrons. The van der Waals surface area contributed by atoms with E-state index in [9.17, 15) is 9.59 Å². The van der Waals surface area contributed by atoms with E-state index < -0.39 is 0 Å². The van der Waals surface area contributed by atoms with Crippen molar-refractivity contribution >= 4 is 23.6 Å². The molecule has 7 nitrogen and oxygen atoms in total. The molecule has 108 valence electrons. The van der Waals surface area contributed by atoms with Crippen LogP contribution in [-0.4, -0.2) is 55.1 Å². The maximum atomic E-state index is 12.2. The molecule has 2 fully saturated rings. The minimum Gasteiger partial charge on any atom is -0.354 e. The van der Waals surface area contributed by atoms with Gasteiger partial charge in [0, 0.05) is 25.1 Å². The highest BCUT2D eigenvalue weighted by atomic mass is 32.2. The number of rotatable bonds is 4. The Morgan fingerprint density at radius 1 is 1.70 bits per heavy atom. The maximum absolute atomic E-state index is 12.2. The number of carbonyl (C=O) groups is 2. The monoisotopic (exact) mass is 295 g/mol. The minimum atomic E-state index is -0.338. The van der Waals surface area contributed by atoms with Crippen LogP contribution in [0.1, 0.15) is 25.6 Å². The van der Waals surface area contributed by atoms with Gasteiger partial charge >= 0.3 is 0 Å². The molecule has 0 aliphatic carbocycles. The van der Waals surface area contributed by atoms with Crippen LogP contribution in [0.25, 0.3) is 0 Å². The van der Waals surface area contributed by atoms with E-state index in [0.717, 1.165) is 12.2 Å². The Balaban J connectivity index is 1.56. The van der Waals surface area contributed by atoms with E-state index in [-0.39, 0.29) is 22.7 Å². The first-order chi connectivity index (χ1) is 9.60. The molecular weight excluding hydrogens is 278 g/mol. The molecule has 2 aliphatic heterocycles. The number of H-pyrrole nitrogens is 1. The highest BCUT2D eigenvalue weighted by Gasteiger charge is 2.52. The summed E-state index contributed by atoms with van der Waals surface area (Å²) in [5.74, 6) is 1.44. The maximum Gasteiger partial charge on any atom is 0.243 e. The Morgan fingerprint density at radius 2 is 2.55 bits per heavy atom. The summed E-state index contributed by atoms with van der Waals surface area (Å²) in [6, 6.07) is -0.338. The third kappa shape index (κ3) is 2.28. The molecule has 1 aromatic rings. The lowest BCUT2D eigenvalue weighted by Gasteiger charge is -2.29. The van der Waals surface area contributed by atoms with Crippen molar-refractivity contribution in [1.29, 1.82) is 0 Å². The summed E-state index contributed by atoms with van der Waals surface area (Å²) in [6.07, 6.45) is 3.43. The van der Waals surface area contributed by atoms with Crippen molar-refractivity contribution in [3.8, 4) is 0 Å². The van der Waals surface area contributed by atoms with Gasteiger partial charge in [0.15, 0.2) is 0 Å². The van der Waals surface area contributed by atoms with Crippen LogP contribution in [0, 0.1) is 0 Å². The quantitative estimate of drug-likeness (QED) is 0.810. The molecule has 2 amide bonds. The normalized spacial score (nSPS) is 28.8. The molecule has 2 saturated heterocycles. The van der Waals surface area contributed by atoms with E-state index in [1.54, 1.807) is 16.7 Å². The van der Waals surface area contributed by atoms with E-state index in [1.807, 2.05) is 6.92 Å². The number of nitrogens with one attached hydrogen (secondary N) is 2. The van der Waals surface area contributed by atoms with Gasteiger partial charge in [-0.2, -0.15) is 5.10 Å². The summed E-state index contributed by atoms with van der Waals surface area (Å²) in [5.41, 5.74) is 0. The Bertz CT molecular complexity index is 520. The summed E-state index contributed by atoms with van der Waals surface area (Å²) < 4.78 is 0. The molecule has 3 rings (SSSR count). The highest BCUT2D eigenvalue weighted by Crippen LogP contribution is 2.47. The lowest BCUT2D eigenvalue weighted by atomic mass is 10.2. The van der Waals surface area contributed by atoms with Gasteiger partial charge in [-0.1, -0.05) is 0 Å². The predicted octanol–water partition coefficient (Wildman–Crippen LogP) is -0.0826. The van der Waals surface area contributed by atoms with E-state index in [2.05, 4.69) is 20.5 Å². The molecule has 8 heteroatoms. The number of aromatic amines is 1. The van der Waals surface area contributed by atoms with Gasteiger partial charge in [0.1, 0.15) is 18.2 Å². The van der Waals surface area contributed by atoms with Gasteiger partial charge in [-0.15, -0.1) is 11.8 Å². The van der Waals surface area contributed by atoms with Crippen LogP contribution in [-0.2, 0) is 16.0 Å². The Labute approximate surface area is 120 Å².